The summed E-state index contributed by atoms with van der Waals surface area (Å²) in [6, 6.07) is 17.3. The first kappa shape index (κ1) is 15.4. The maximum Gasteiger partial charge on any atom is 0.231 e. The van der Waals surface area contributed by atoms with Crippen LogP contribution >= 0.6 is 0 Å². The normalized spacial score (nSPS) is 31.4. The van der Waals surface area contributed by atoms with E-state index in [-0.39, 0.29) is 23.0 Å². The summed E-state index contributed by atoms with van der Waals surface area (Å²) in [7, 11) is -2.79. The Morgan fingerprint density at radius 1 is 1.17 bits per heavy atom. The van der Waals surface area contributed by atoms with Crippen LogP contribution in [0.4, 0.5) is 5.69 Å². The Morgan fingerprint density at radius 2 is 1.83 bits per heavy atom. The molecule has 1 N–H and O–H groups in total. The van der Waals surface area contributed by atoms with Crippen molar-refractivity contribution in [1.82, 2.24) is 0 Å². The number of para-hydroxylation sites is 1. The highest BCUT2D eigenvalue weighted by molar-refractivity contribution is 7.92. The molecule has 1 fully saturated rings. The van der Waals surface area contributed by atoms with E-state index in [4.69, 9.17) is 4.78 Å². The number of hydrogen-bond acceptors (Lipinski definition) is 3. The third-order valence-electron chi connectivity index (χ3n) is 5.35. The lowest BCUT2D eigenvalue weighted by atomic mass is 9.95. The van der Waals surface area contributed by atoms with Crippen LogP contribution in [0.3, 0.4) is 0 Å². The number of carbonyl (C=O) groups is 1. The Hall–Kier alpha value is -2.14. The molecule has 1 unspecified atom stereocenters. The summed E-state index contributed by atoms with van der Waals surface area (Å²) >= 11 is 0. The SMILES string of the molecule is C[C@]1(c2ccccc2)C[C@H]1C(=O)N1CCS(=N)(=O)c2ccccc21. The van der Waals surface area contributed by atoms with Gasteiger partial charge in [0.05, 0.1) is 26.1 Å². The summed E-state index contributed by atoms with van der Waals surface area (Å²) < 4.78 is 20.5. The zero-order valence-corrected chi connectivity index (χ0v) is 14.4. The fourth-order valence-electron chi connectivity index (χ4n) is 3.69. The first-order valence-corrected chi connectivity index (χ1v) is 9.89. The second-order valence-corrected chi connectivity index (χ2v) is 9.08. The molecule has 2 aliphatic rings. The Labute approximate surface area is 142 Å². The average Bonchev–Trinajstić information content (AvgIpc) is 3.29. The van der Waals surface area contributed by atoms with Crippen LogP contribution in [0, 0.1) is 10.7 Å². The highest BCUT2D eigenvalue weighted by atomic mass is 32.2. The van der Waals surface area contributed by atoms with Crippen molar-refractivity contribution >= 4 is 21.3 Å². The number of nitrogens with one attached hydrogen (secondary N) is 1. The minimum absolute atomic E-state index is 0.0483. The third kappa shape index (κ3) is 2.26. The molecule has 0 bridgehead atoms. The molecule has 124 valence electrons. The van der Waals surface area contributed by atoms with Gasteiger partial charge in [-0.25, -0.2) is 8.99 Å². The number of hydrogen-bond donors (Lipinski definition) is 1. The molecule has 2 aromatic rings. The van der Waals surface area contributed by atoms with Crippen molar-refractivity contribution in [1.29, 1.82) is 4.78 Å². The van der Waals surface area contributed by atoms with Crippen molar-refractivity contribution in [2.75, 3.05) is 17.2 Å². The molecule has 1 aliphatic heterocycles. The number of nitrogens with zero attached hydrogens (tertiary/aromatic N) is 1. The molecule has 0 spiro atoms. The molecule has 4 nitrogen and oxygen atoms in total. The van der Waals surface area contributed by atoms with Crippen LogP contribution in [0.1, 0.15) is 18.9 Å². The van der Waals surface area contributed by atoms with Gasteiger partial charge >= 0.3 is 0 Å². The molecular formula is C19H20N2O2S. The van der Waals surface area contributed by atoms with E-state index in [1.807, 2.05) is 30.3 Å². The van der Waals surface area contributed by atoms with Crippen LogP contribution in [0.5, 0.6) is 0 Å². The minimum atomic E-state index is -2.79. The van der Waals surface area contributed by atoms with Gasteiger partial charge in [-0.05, 0) is 24.1 Å². The molecule has 1 aliphatic carbocycles. The Balaban J connectivity index is 1.66. The van der Waals surface area contributed by atoms with Crippen LogP contribution in [0.2, 0.25) is 0 Å². The number of anilines is 1. The van der Waals surface area contributed by atoms with E-state index in [0.717, 1.165) is 6.42 Å². The van der Waals surface area contributed by atoms with Crippen molar-refractivity contribution in [3.8, 4) is 0 Å². The van der Waals surface area contributed by atoms with Gasteiger partial charge in [0.2, 0.25) is 5.91 Å². The maximum atomic E-state index is 13.1. The summed E-state index contributed by atoms with van der Waals surface area (Å²) in [5.41, 5.74) is 1.72. The zero-order chi connectivity index (χ0) is 16.9. The number of carbonyl (C=O) groups excluding carboxylic acids is 1. The van der Waals surface area contributed by atoms with Crippen molar-refractivity contribution in [3.05, 3.63) is 60.2 Å². The van der Waals surface area contributed by atoms with Gasteiger partial charge in [0, 0.05) is 17.9 Å². The molecule has 24 heavy (non-hydrogen) atoms. The number of benzene rings is 2. The predicted octanol–water partition coefficient (Wildman–Crippen LogP) is 3.42. The van der Waals surface area contributed by atoms with Gasteiger partial charge < -0.3 is 4.90 Å². The second-order valence-electron chi connectivity index (χ2n) is 6.88. The molecule has 3 atom stereocenters. The van der Waals surface area contributed by atoms with Crippen molar-refractivity contribution in [2.45, 2.75) is 23.7 Å². The second kappa shape index (κ2) is 5.18. The van der Waals surface area contributed by atoms with Crippen LogP contribution in [0.25, 0.3) is 0 Å². The van der Waals surface area contributed by atoms with Gasteiger partial charge in [-0.2, -0.15) is 0 Å². The van der Waals surface area contributed by atoms with Gasteiger partial charge in [0.15, 0.2) is 0 Å². The van der Waals surface area contributed by atoms with Crippen LogP contribution in [-0.4, -0.2) is 22.4 Å². The summed E-state index contributed by atoms with van der Waals surface area (Å²) in [6.45, 7) is 2.49. The van der Waals surface area contributed by atoms with E-state index in [1.165, 1.54) is 5.56 Å². The molecule has 0 saturated heterocycles. The number of fused-ring (bicyclic) bond motifs is 1. The van der Waals surface area contributed by atoms with Gasteiger partial charge in [-0.15, -0.1) is 0 Å². The molecule has 0 radical (unpaired) electrons. The summed E-state index contributed by atoms with van der Waals surface area (Å²) in [6.07, 6.45) is 0.838. The molecule has 4 rings (SSSR count). The largest absolute Gasteiger partial charge is 0.310 e. The topological polar surface area (TPSA) is 61.2 Å². The smallest absolute Gasteiger partial charge is 0.231 e. The average molecular weight is 340 g/mol. The van der Waals surface area contributed by atoms with Crippen LogP contribution in [-0.2, 0) is 19.9 Å². The number of amides is 1. The van der Waals surface area contributed by atoms with E-state index >= 15 is 0 Å². The molecule has 2 aromatic carbocycles. The lowest BCUT2D eigenvalue weighted by Crippen LogP contribution is -2.41. The van der Waals surface area contributed by atoms with E-state index in [0.29, 0.717) is 17.1 Å². The molecule has 5 heteroatoms. The van der Waals surface area contributed by atoms with Gasteiger partial charge in [-0.1, -0.05) is 49.4 Å². The van der Waals surface area contributed by atoms with Gasteiger partial charge in [0.1, 0.15) is 0 Å². The Bertz CT molecular complexity index is 908. The van der Waals surface area contributed by atoms with E-state index in [9.17, 15) is 9.00 Å². The summed E-state index contributed by atoms with van der Waals surface area (Å²) in [5, 5.41) is 0. The molecule has 1 amide bonds. The van der Waals surface area contributed by atoms with Gasteiger partial charge in [-0.3, -0.25) is 4.79 Å². The molecular weight excluding hydrogens is 320 g/mol. The fraction of sp³-hybridized carbons (Fsp3) is 0.316. The third-order valence-corrected chi connectivity index (χ3v) is 7.16. The van der Waals surface area contributed by atoms with Gasteiger partial charge in [0.25, 0.3) is 0 Å². The van der Waals surface area contributed by atoms with Crippen molar-refractivity contribution < 1.29 is 9.00 Å². The Morgan fingerprint density at radius 3 is 2.58 bits per heavy atom. The lowest BCUT2D eigenvalue weighted by molar-refractivity contribution is -0.120. The summed E-state index contributed by atoms with van der Waals surface area (Å²) in [5.74, 6) is 0.251. The quantitative estimate of drug-likeness (QED) is 0.910. The maximum absolute atomic E-state index is 13.1. The van der Waals surface area contributed by atoms with E-state index < -0.39 is 9.73 Å². The summed E-state index contributed by atoms with van der Waals surface area (Å²) in [4.78, 5) is 15.3. The minimum Gasteiger partial charge on any atom is -0.310 e. The van der Waals surface area contributed by atoms with Crippen molar-refractivity contribution in [2.24, 2.45) is 5.92 Å². The van der Waals surface area contributed by atoms with Crippen LogP contribution in [0.15, 0.2) is 59.5 Å². The monoisotopic (exact) mass is 340 g/mol. The first-order valence-electron chi connectivity index (χ1n) is 8.16. The first-order chi connectivity index (χ1) is 11.4. The van der Waals surface area contributed by atoms with Crippen molar-refractivity contribution in [3.63, 3.8) is 0 Å². The molecule has 0 aromatic heterocycles. The number of rotatable bonds is 2. The van der Waals surface area contributed by atoms with E-state index in [2.05, 4.69) is 19.1 Å². The molecule has 1 saturated carbocycles. The highest BCUT2D eigenvalue weighted by Gasteiger charge is 2.57. The lowest BCUT2D eigenvalue weighted by Gasteiger charge is -2.31. The predicted molar refractivity (Wildman–Crippen MR) is 94.7 cm³/mol. The van der Waals surface area contributed by atoms with Crippen LogP contribution < -0.4 is 4.90 Å². The molecule has 1 heterocycles. The standard InChI is InChI=1S/C19H20N2O2S/c1-19(14-7-3-2-4-8-14)13-15(19)18(22)21-11-12-24(20,23)17-10-6-5-9-16(17)21/h2-10,15,20H,11-13H2,1H3/t15-,19+,24?/m0/s1. The fourth-order valence-corrected chi connectivity index (χ4v) is 5.16. The highest BCUT2D eigenvalue weighted by Crippen LogP contribution is 2.55. The Kier molecular flexibility index (Phi) is 3.32. The van der Waals surface area contributed by atoms with E-state index in [1.54, 1.807) is 17.0 Å². The zero-order valence-electron chi connectivity index (χ0n) is 13.6.